The molecule has 1 aliphatic heterocycles. The van der Waals surface area contributed by atoms with Crippen LogP contribution in [0, 0.1) is 5.92 Å². The molecule has 2 rings (SSSR count). The number of carbonyl (C=O) groups excluding carboxylic acids is 1. The molecular weight excluding hydrogens is 222 g/mol. The maximum absolute atomic E-state index is 11.7. The number of aromatic carboxylic acids is 1. The van der Waals surface area contributed by atoms with Crippen LogP contribution in [-0.2, 0) is 4.79 Å². The highest BCUT2D eigenvalue weighted by atomic mass is 16.4. The highest BCUT2D eigenvalue weighted by molar-refractivity contribution is 5.97. The summed E-state index contributed by atoms with van der Waals surface area (Å²) in [4.78, 5) is 24.0. The van der Waals surface area contributed by atoms with Gasteiger partial charge in [-0.05, 0) is 18.2 Å². The predicted molar refractivity (Wildman–Crippen MR) is 60.9 cm³/mol. The molecule has 1 atom stereocenters. The van der Waals surface area contributed by atoms with E-state index in [4.69, 9.17) is 10.2 Å². The number of aliphatic hydroxyl groups excluding tert-OH is 1. The third kappa shape index (κ3) is 2.29. The van der Waals surface area contributed by atoms with E-state index in [-0.39, 0.29) is 24.0 Å². The van der Waals surface area contributed by atoms with E-state index >= 15 is 0 Å². The monoisotopic (exact) mass is 235 g/mol. The van der Waals surface area contributed by atoms with Crippen molar-refractivity contribution in [2.45, 2.75) is 6.42 Å². The zero-order valence-corrected chi connectivity index (χ0v) is 9.17. The second kappa shape index (κ2) is 4.55. The molecule has 0 aromatic heterocycles. The summed E-state index contributed by atoms with van der Waals surface area (Å²) in [6.07, 6.45) is 0.313. The van der Waals surface area contributed by atoms with Crippen molar-refractivity contribution in [2.75, 3.05) is 18.1 Å². The molecule has 5 heteroatoms. The van der Waals surface area contributed by atoms with Gasteiger partial charge in [0.05, 0.1) is 5.56 Å². The number of amides is 1. The third-order valence-electron chi connectivity index (χ3n) is 2.87. The molecule has 90 valence electrons. The van der Waals surface area contributed by atoms with Crippen LogP contribution >= 0.6 is 0 Å². The van der Waals surface area contributed by atoms with Crippen LogP contribution in [0.1, 0.15) is 16.8 Å². The molecule has 1 unspecified atom stereocenters. The minimum atomic E-state index is -1.02. The molecule has 0 spiro atoms. The first-order valence-corrected chi connectivity index (χ1v) is 5.36. The van der Waals surface area contributed by atoms with Gasteiger partial charge in [0.15, 0.2) is 0 Å². The van der Waals surface area contributed by atoms with Crippen molar-refractivity contribution in [2.24, 2.45) is 5.92 Å². The van der Waals surface area contributed by atoms with Crippen molar-refractivity contribution >= 4 is 17.6 Å². The molecule has 1 heterocycles. The van der Waals surface area contributed by atoms with E-state index in [2.05, 4.69) is 0 Å². The van der Waals surface area contributed by atoms with Gasteiger partial charge in [-0.25, -0.2) is 4.79 Å². The maximum atomic E-state index is 11.7. The molecular formula is C12H13NO4. The summed E-state index contributed by atoms with van der Waals surface area (Å²) in [6, 6.07) is 6.26. The number of carbonyl (C=O) groups is 2. The Morgan fingerprint density at radius 3 is 2.82 bits per heavy atom. The number of hydrogen-bond acceptors (Lipinski definition) is 3. The van der Waals surface area contributed by atoms with E-state index in [0.29, 0.717) is 18.7 Å². The van der Waals surface area contributed by atoms with Crippen molar-refractivity contribution in [3.05, 3.63) is 29.8 Å². The zero-order valence-electron chi connectivity index (χ0n) is 9.17. The highest BCUT2D eigenvalue weighted by Gasteiger charge is 2.30. The highest BCUT2D eigenvalue weighted by Crippen LogP contribution is 2.25. The number of carboxylic acids is 1. The summed E-state index contributed by atoms with van der Waals surface area (Å²) in [5.74, 6) is -1.15. The smallest absolute Gasteiger partial charge is 0.335 e. The van der Waals surface area contributed by atoms with E-state index < -0.39 is 5.97 Å². The van der Waals surface area contributed by atoms with Gasteiger partial charge >= 0.3 is 5.97 Å². The van der Waals surface area contributed by atoms with Gasteiger partial charge in [0, 0.05) is 31.2 Å². The Labute approximate surface area is 98.3 Å². The van der Waals surface area contributed by atoms with Crippen LogP contribution in [0.25, 0.3) is 0 Å². The average Bonchev–Trinajstić information content (AvgIpc) is 2.71. The van der Waals surface area contributed by atoms with Gasteiger partial charge in [0.25, 0.3) is 0 Å². The number of nitrogens with zero attached hydrogens (tertiary/aromatic N) is 1. The third-order valence-corrected chi connectivity index (χ3v) is 2.87. The number of benzene rings is 1. The molecule has 1 fully saturated rings. The lowest BCUT2D eigenvalue weighted by atomic mass is 10.1. The van der Waals surface area contributed by atoms with Crippen LogP contribution in [0.15, 0.2) is 24.3 Å². The number of anilines is 1. The van der Waals surface area contributed by atoms with Crippen LogP contribution in [0.5, 0.6) is 0 Å². The summed E-state index contributed by atoms with van der Waals surface area (Å²) in [6.45, 7) is 0.416. The summed E-state index contributed by atoms with van der Waals surface area (Å²) in [7, 11) is 0. The van der Waals surface area contributed by atoms with Crippen LogP contribution in [0.4, 0.5) is 5.69 Å². The molecule has 0 saturated carbocycles. The standard InChI is InChI=1S/C12H13NO4/c14-7-8-4-11(15)13(6-8)10-3-1-2-9(5-10)12(16)17/h1-3,5,8,14H,4,6-7H2,(H,16,17). The Morgan fingerprint density at radius 2 is 2.24 bits per heavy atom. The molecule has 1 aromatic carbocycles. The SMILES string of the molecule is O=C(O)c1cccc(N2CC(CO)CC2=O)c1. The van der Waals surface area contributed by atoms with Crippen LogP contribution in [0.3, 0.4) is 0 Å². The van der Waals surface area contributed by atoms with E-state index in [1.807, 2.05) is 0 Å². The second-order valence-corrected chi connectivity index (χ2v) is 4.11. The molecule has 17 heavy (non-hydrogen) atoms. The first-order valence-electron chi connectivity index (χ1n) is 5.36. The predicted octanol–water partition coefficient (Wildman–Crippen LogP) is 0.730. The van der Waals surface area contributed by atoms with E-state index in [1.54, 1.807) is 12.1 Å². The summed E-state index contributed by atoms with van der Waals surface area (Å²) in [5.41, 5.74) is 0.730. The number of carboxylic acid groups (broad SMARTS) is 1. The summed E-state index contributed by atoms with van der Waals surface area (Å²) in [5, 5.41) is 17.9. The summed E-state index contributed by atoms with van der Waals surface area (Å²) >= 11 is 0. The van der Waals surface area contributed by atoms with Gasteiger partial charge in [-0.2, -0.15) is 0 Å². The number of rotatable bonds is 3. The zero-order chi connectivity index (χ0) is 12.4. The minimum Gasteiger partial charge on any atom is -0.478 e. The largest absolute Gasteiger partial charge is 0.478 e. The Bertz CT molecular complexity index is 458. The lowest BCUT2D eigenvalue weighted by Crippen LogP contribution is -2.25. The average molecular weight is 235 g/mol. The first kappa shape index (κ1) is 11.6. The van der Waals surface area contributed by atoms with Gasteiger partial charge in [0.2, 0.25) is 5.91 Å². The Balaban J connectivity index is 2.25. The molecule has 0 bridgehead atoms. The van der Waals surface area contributed by atoms with E-state index in [0.717, 1.165) is 0 Å². The Morgan fingerprint density at radius 1 is 1.47 bits per heavy atom. The minimum absolute atomic E-state index is 0.0269. The molecule has 1 saturated heterocycles. The Kier molecular flexibility index (Phi) is 3.10. The van der Waals surface area contributed by atoms with Gasteiger partial charge in [-0.3, -0.25) is 4.79 Å². The van der Waals surface area contributed by atoms with Crippen molar-refractivity contribution in [1.82, 2.24) is 0 Å². The van der Waals surface area contributed by atoms with Crippen LogP contribution < -0.4 is 4.90 Å². The van der Waals surface area contributed by atoms with Crippen LogP contribution in [-0.4, -0.2) is 35.2 Å². The fourth-order valence-electron chi connectivity index (χ4n) is 1.96. The van der Waals surface area contributed by atoms with Gasteiger partial charge in [-0.15, -0.1) is 0 Å². The molecule has 5 nitrogen and oxygen atoms in total. The topological polar surface area (TPSA) is 77.8 Å². The second-order valence-electron chi connectivity index (χ2n) is 4.11. The molecule has 0 aliphatic carbocycles. The van der Waals surface area contributed by atoms with Crippen molar-refractivity contribution < 1.29 is 19.8 Å². The lowest BCUT2D eigenvalue weighted by Gasteiger charge is -2.16. The van der Waals surface area contributed by atoms with Gasteiger partial charge < -0.3 is 15.1 Å². The molecule has 0 radical (unpaired) electrons. The molecule has 1 amide bonds. The normalized spacial score (nSPS) is 19.7. The Hall–Kier alpha value is -1.88. The fourth-order valence-corrected chi connectivity index (χ4v) is 1.96. The number of hydrogen-bond donors (Lipinski definition) is 2. The first-order chi connectivity index (χ1) is 8.11. The quantitative estimate of drug-likeness (QED) is 0.809. The van der Waals surface area contributed by atoms with E-state index in [9.17, 15) is 9.59 Å². The molecule has 1 aliphatic rings. The lowest BCUT2D eigenvalue weighted by molar-refractivity contribution is -0.117. The number of aliphatic hydroxyl groups is 1. The van der Waals surface area contributed by atoms with Crippen molar-refractivity contribution in [1.29, 1.82) is 0 Å². The van der Waals surface area contributed by atoms with Crippen LogP contribution in [0.2, 0.25) is 0 Å². The maximum Gasteiger partial charge on any atom is 0.335 e. The fraction of sp³-hybridized carbons (Fsp3) is 0.333. The van der Waals surface area contributed by atoms with Crippen molar-refractivity contribution in [3.8, 4) is 0 Å². The van der Waals surface area contributed by atoms with E-state index in [1.165, 1.54) is 17.0 Å². The molecule has 1 aromatic rings. The van der Waals surface area contributed by atoms with Gasteiger partial charge in [0.1, 0.15) is 0 Å². The molecule has 2 N–H and O–H groups in total. The van der Waals surface area contributed by atoms with Gasteiger partial charge in [-0.1, -0.05) is 6.07 Å². The van der Waals surface area contributed by atoms with Crippen molar-refractivity contribution in [3.63, 3.8) is 0 Å². The summed E-state index contributed by atoms with van der Waals surface area (Å²) < 4.78 is 0.